The molecule has 0 radical (unpaired) electrons. The van der Waals surface area contributed by atoms with Crippen LogP contribution in [0.15, 0.2) is 42.7 Å². The fourth-order valence-electron chi connectivity index (χ4n) is 4.31. The molecule has 0 bridgehead atoms. The summed E-state index contributed by atoms with van der Waals surface area (Å²) in [5, 5.41) is 4.52. The fourth-order valence-corrected chi connectivity index (χ4v) is 4.31. The van der Waals surface area contributed by atoms with E-state index in [-0.39, 0.29) is 17.5 Å². The number of nitrogens with zero attached hydrogens (tertiary/aromatic N) is 5. The molecule has 0 N–H and O–H groups in total. The molecule has 6 nitrogen and oxygen atoms in total. The highest BCUT2D eigenvalue weighted by molar-refractivity contribution is 5.97. The maximum atomic E-state index is 13.8. The average molecular weight is 437 g/mol. The Morgan fingerprint density at radius 3 is 2.59 bits per heavy atom. The first-order valence-electron chi connectivity index (χ1n) is 10.1. The second kappa shape index (κ2) is 7.44. The molecule has 0 fully saturated rings. The standard InChI is InChI=1S/C23H18F3N5O/c1-12-21-15(22(30(2)29-21)13-8-16(24)20(26)17(25)9-13)5-7-31(12)23(32)14-10-19-18(28-11-14)4-3-6-27-19/h3-4,6,8-12H,5,7H2,1-2H3/t12-/m0/s1. The van der Waals surface area contributed by atoms with Crippen molar-refractivity contribution in [1.82, 2.24) is 24.6 Å². The lowest BCUT2D eigenvalue weighted by Gasteiger charge is -2.33. The Bertz CT molecular complexity index is 1360. The van der Waals surface area contributed by atoms with Gasteiger partial charge in [-0.05, 0) is 43.7 Å². The third kappa shape index (κ3) is 3.12. The van der Waals surface area contributed by atoms with E-state index in [2.05, 4.69) is 15.1 Å². The van der Waals surface area contributed by atoms with Crippen LogP contribution >= 0.6 is 0 Å². The van der Waals surface area contributed by atoms with Crippen molar-refractivity contribution in [3.05, 3.63) is 77.0 Å². The Kier molecular flexibility index (Phi) is 4.69. The third-order valence-corrected chi connectivity index (χ3v) is 5.86. The molecule has 3 aromatic heterocycles. The van der Waals surface area contributed by atoms with Crippen molar-refractivity contribution in [2.24, 2.45) is 7.05 Å². The van der Waals surface area contributed by atoms with E-state index in [9.17, 15) is 18.0 Å². The first-order valence-corrected chi connectivity index (χ1v) is 10.1. The summed E-state index contributed by atoms with van der Waals surface area (Å²) in [5.74, 6) is -4.22. The highest BCUT2D eigenvalue weighted by atomic mass is 19.2. The number of amides is 1. The second-order valence-electron chi connectivity index (χ2n) is 7.78. The van der Waals surface area contributed by atoms with E-state index < -0.39 is 17.5 Å². The summed E-state index contributed by atoms with van der Waals surface area (Å²) in [4.78, 5) is 23.5. The van der Waals surface area contributed by atoms with Crippen LogP contribution in [0.3, 0.4) is 0 Å². The van der Waals surface area contributed by atoms with E-state index in [4.69, 9.17) is 0 Å². The first-order chi connectivity index (χ1) is 15.3. The number of pyridine rings is 2. The minimum Gasteiger partial charge on any atom is -0.330 e. The monoisotopic (exact) mass is 437 g/mol. The van der Waals surface area contributed by atoms with Gasteiger partial charge in [-0.1, -0.05) is 0 Å². The number of hydrogen-bond donors (Lipinski definition) is 0. The lowest BCUT2D eigenvalue weighted by molar-refractivity contribution is 0.0673. The Balaban J connectivity index is 1.51. The molecule has 1 aliphatic rings. The van der Waals surface area contributed by atoms with Gasteiger partial charge in [-0.2, -0.15) is 5.10 Å². The van der Waals surface area contributed by atoms with Gasteiger partial charge >= 0.3 is 0 Å². The molecule has 9 heteroatoms. The summed E-state index contributed by atoms with van der Waals surface area (Å²) in [6.07, 6.45) is 3.61. The molecule has 0 saturated heterocycles. The number of hydrogen-bond acceptors (Lipinski definition) is 4. The summed E-state index contributed by atoms with van der Waals surface area (Å²) < 4.78 is 42.6. The minimum absolute atomic E-state index is 0.200. The SMILES string of the molecule is C[C@H]1c2nn(C)c(-c3cc(F)c(F)c(F)c3)c2CCN1C(=O)c1cnc2cccnc2c1. The van der Waals surface area contributed by atoms with Gasteiger partial charge in [0, 0.05) is 37.1 Å². The number of aromatic nitrogens is 4. The number of rotatable bonds is 2. The van der Waals surface area contributed by atoms with Crippen LogP contribution in [0.4, 0.5) is 13.2 Å². The lowest BCUT2D eigenvalue weighted by atomic mass is 9.95. The molecule has 0 aliphatic carbocycles. The summed E-state index contributed by atoms with van der Waals surface area (Å²) in [6, 6.07) is 6.87. The van der Waals surface area contributed by atoms with Gasteiger partial charge in [0.2, 0.25) is 0 Å². The van der Waals surface area contributed by atoms with Crippen LogP contribution in [0.1, 0.15) is 34.6 Å². The lowest BCUT2D eigenvalue weighted by Crippen LogP contribution is -2.39. The average Bonchev–Trinajstić information content (AvgIpc) is 3.13. The highest BCUT2D eigenvalue weighted by Gasteiger charge is 2.34. The van der Waals surface area contributed by atoms with Crippen LogP contribution in [0.25, 0.3) is 22.3 Å². The third-order valence-electron chi connectivity index (χ3n) is 5.86. The van der Waals surface area contributed by atoms with Gasteiger partial charge in [-0.3, -0.25) is 19.4 Å². The van der Waals surface area contributed by atoms with Crippen molar-refractivity contribution < 1.29 is 18.0 Å². The van der Waals surface area contributed by atoms with Gasteiger partial charge in [-0.15, -0.1) is 0 Å². The van der Waals surface area contributed by atoms with Crippen molar-refractivity contribution >= 4 is 16.9 Å². The number of aryl methyl sites for hydroxylation is 1. The summed E-state index contributed by atoms with van der Waals surface area (Å²) in [7, 11) is 1.66. The van der Waals surface area contributed by atoms with Crippen molar-refractivity contribution in [3.63, 3.8) is 0 Å². The van der Waals surface area contributed by atoms with Crippen molar-refractivity contribution in [2.75, 3.05) is 6.54 Å². The van der Waals surface area contributed by atoms with Gasteiger partial charge in [0.1, 0.15) is 0 Å². The van der Waals surface area contributed by atoms with Crippen LogP contribution in [-0.2, 0) is 13.5 Å². The largest absolute Gasteiger partial charge is 0.330 e. The Hall–Kier alpha value is -3.75. The molecule has 162 valence electrons. The first kappa shape index (κ1) is 20.2. The molecule has 0 spiro atoms. The van der Waals surface area contributed by atoms with Crippen LogP contribution in [0.2, 0.25) is 0 Å². The van der Waals surface area contributed by atoms with Crippen LogP contribution < -0.4 is 0 Å². The molecule has 4 aromatic rings. The molecule has 1 amide bonds. The number of carbonyl (C=O) groups is 1. The summed E-state index contributed by atoms with van der Waals surface area (Å²) in [6.45, 7) is 2.24. The summed E-state index contributed by atoms with van der Waals surface area (Å²) in [5.41, 5.74) is 3.88. The Morgan fingerprint density at radius 1 is 1.09 bits per heavy atom. The van der Waals surface area contributed by atoms with Crippen LogP contribution in [0.5, 0.6) is 0 Å². The van der Waals surface area contributed by atoms with E-state index >= 15 is 0 Å². The van der Waals surface area contributed by atoms with Crippen molar-refractivity contribution in [1.29, 1.82) is 0 Å². The van der Waals surface area contributed by atoms with Crippen molar-refractivity contribution in [3.8, 4) is 11.3 Å². The molecule has 4 heterocycles. The number of fused-ring (bicyclic) bond motifs is 2. The predicted molar refractivity (Wildman–Crippen MR) is 111 cm³/mol. The van der Waals surface area contributed by atoms with E-state index in [1.165, 1.54) is 10.9 Å². The Morgan fingerprint density at radius 2 is 1.84 bits per heavy atom. The predicted octanol–water partition coefficient (Wildman–Crippen LogP) is 4.21. The van der Waals surface area contributed by atoms with Gasteiger partial charge in [0.25, 0.3) is 5.91 Å². The van der Waals surface area contributed by atoms with Crippen molar-refractivity contribution in [2.45, 2.75) is 19.4 Å². The van der Waals surface area contributed by atoms with E-state index in [0.717, 1.165) is 17.7 Å². The topological polar surface area (TPSA) is 63.9 Å². The second-order valence-corrected chi connectivity index (χ2v) is 7.78. The molecule has 32 heavy (non-hydrogen) atoms. The zero-order valence-electron chi connectivity index (χ0n) is 17.3. The molecule has 1 aromatic carbocycles. The molecular formula is C23H18F3N5O. The molecular weight excluding hydrogens is 419 g/mol. The molecule has 0 saturated carbocycles. The molecule has 1 aliphatic heterocycles. The zero-order valence-corrected chi connectivity index (χ0v) is 17.3. The number of carbonyl (C=O) groups excluding carboxylic acids is 1. The Labute approximate surface area is 181 Å². The van der Waals surface area contributed by atoms with Crippen LogP contribution in [-0.4, -0.2) is 37.1 Å². The summed E-state index contributed by atoms with van der Waals surface area (Å²) >= 11 is 0. The van der Waals surface area contributed by atoms with Gasteiger partial charge in [0.15, 0.2) is 17.5 Å². The van der Waals surface area contributed by atoms with E-state index in [1.54, 1.807) is 30.3 Å². The minimum atomic E-state index is -1.51. The molecule has 5 rings (SSSR count). The fraction of sp³-hybridized carbons (Fsp3) is 0.217. The maximum Gasteiger partial charge on any atom is 0.256 e. The number of benzene rings is 1. The normalized spacial score (nSPS) is 15.8. The van der Waals surface area contributed by atoms with Crippen LogP contribution in [0, 0.1) is 17.5 Å². The quantitative estimate of drug-likeness (QED) is 0.441. The number of halogens is 3. The van der Waals surface area contributed by atoms with Gasteiger partial charge in [-0.25, -0.2) is 13.2 Å². The van der Waals surface area contributed by atoms with Gasteiger partial charge in [0.05, 0.1) is 34.0 Å². The highest BCUT2D eigenvalue weighted by Crippen LogP contribution is 2.36. The zero-order chi connectivity index (χ0) is 22.6. The smallest absolute Gasteiger partial charge is 0.256 e. The van der Waals surface area contributed by atoms with E-state index in [1.807, 2.05) is 13.0 Å². The molecule has 0 unspecified atom stereocenters. The maximum absolute atomic E-state index is 13.8. The van der Waals surface area contributed by atoms with Gasteiger partial charge < -0.3 is 4.90 Å². The van der Waals surface area contributed by atoms with E-state index in [0.29, 0.717) is 41.0 Å². The molecule has 1 atom stereocenters.